The molecule has 1 N–H and O–H groups in total. The predicted octanol–water partition coefficient (Wildman–Crippen LogP) is 1.49. The molecule has 2 atom stereocenters. The Kier molecular flexibility index (Phi) is 5.07. The number of likely N-dealkylation sites (N-methyl/N-ethyl adjacent to an activating group) is 1. The summed E-state index contributed by atoms with van der Waals surface area (Å²) in [7, 11) is 2.26. The van der Waals surface area contributed by atoms with Gasteiger partial charge in [-0.25, -0.2) is 0 Å². The van der Waals surface area contributed by atoms with Crippen LogP contribution in [0.25, 0.3) is 0 Å². The van der Waals surface area contributed by atoms with Gasteiger partial charge < -0.3 is 15.0 Å². The van der Waals surface area contributed by atoms with E-state index in [1.807, 2.05) is 0 Å². The molecule has 0 saturated carbocycles. The summed E-state index contributed by atoms with van der Waals surface area (Å²) in [6, 6.07) is 0.762. The summed E-state index contributed by atoms with van der Waals surface area (Å²) in [5.41, 5.74) is 0. The Morgan fingerprint density at radius 1 is 1.19 bits per heavy atom. The van der Waals surface area contributed by atoms with E-state index < -0.39 is 0 Å². The molecule has 0 aromatic carbocycles. The van der Waals surface area contributed by atoms with Crippen LogP contribution in [-0.2, 0) is 4.74 Å². The zero-order valence-electron chi connectivity index (χ0n) is 10.6. The van der Waals surface area contributed by atoms with E-state index in [-0.39, 0.29) is 0 Å². The molecule has 2 unspecified atom stereocenters. The second-order valence-corrected chi connectivity index (χ2v) is 5.37. The van der Waals surface area contributed by atoms with Crippen molar-refractivity contribution in [2.75, 3.05) is 39.9 Å². The number of hydrogen-bond donors (Lipinski definition) is 1. The first kappa shape index (κ1) is 12.3. The number of ether oxygens (including phenoxy) is 1. The minimum atomic E-state index is 0.752. The van der Waals surface area contributed by atoms with Gasteiger partial charge in [0.2, 0.25) is 0 Å². The smallest absolute Gasteiger partial charge is 0.0506 e. The van der Waals surface area contributed by atoms with E-state index >= 15 is 0 Å². The highest BCUT2D eigenvalue weighted by molar-refractivity contribution is 4.77. The van der Waals surface area contributed by atoms with Crippen molar-refractivity contribution in [2.45, 2.75) is 38.1 Å². The fraction of sp³-hybridized carbons (Fsp3) is 1.00. The number of likely N-dealkylation sites (tertiary alicyclic amines) is 1. The first-order valence-corrected chi connectivity index (χ1v) is 6.85. The minimum absolute atomic E-state index is 0.752. The van der Waals surface area contributed by atoms with E-state index in [1.165, 1.54) is 38.6 Å². The highest BCUT2D eigenvalue weighted by Gasteiger charge is 2.19. The Labute approximate surface area is 99.5 Å². The highest BCUT2D eigenvalue weighted by atomic mass is 16.5. The van der Waals surface area contributed by atoms with Crippen LogP contribution in [0.1, 0.15) is 32.1 Å². The molecular formula is C13H26N2O. The van der Waals surface area contributed by atoms with E-state index in [0.717, 1.165) is 38.3 Å². The van der Waals surface area contributed by atoms with Crippen molar-refractivity contribution in [3.05, 3.63) is 0 Å². The molecule has 16 heavy (non-hydrogen) atoms. The fourth-order valence-electron chi connectivity index (χ4n) is 2.82. The predicted molar refractivity (Wildman–Crippen MR) is 66.7 cm³/mol. The number of hydrogen-bond acceptors (Lipinski definition) is 3. The van der Waals surface area contributed by atoms with Crippen LogP contribution in [0.5, 0.6) is 0 Å². The van der Waals surface area contributed by atoms with Crippen molar-refractivity contribution in [3.8, 4) is 0 Å². The zero-order valence-corrected chi connectivity index (χ0v) is 10.6. The first-order valence-electron chi connectivity index (χ1n) is 6.85. The van der Waals surface area contributed by atoms with Crippen molar-refractivity contribution >= 4 is 0 Å². The SMILES string of the molecule is CN1CCCCC1CNCC1CCCOC1. The van der Waals surface area contributed by atoms with Gasteiger partial charge in [-0.15, -0.1) is 0 Å². The summed E-state index contributed by atoms with van der Waals surface area (Å²) in [5.74, 6) is 0.752. The number of nitrogens with one attached hydrogen (secondary N) is 1. The molecule has 2 fully saturated rings. The Bertz CT molecular complexity index is 192. The van der Waals surface area contributed by atoms with E-state index in [4.69, 9.17) is 4.74 Å². The lowest BCUT2D eigenvalue weighted by molar-refractivity contribution is 0.0538. The lowest BCUT2D eigenvalue weighted by Gasteiger charge is -2.33. The van der Waals surface area contributed by atoms with Crippen LogP contribution in [0.2, 0.25) is 0 Å². The number of nitrogens with zero attached hydrogens (tertiary/aromatic N) is 1. The molecule has 3 nitrogen and oxygen atoms in total. The molecule has 0 spiro atoms. The van der Waals surface area contributed by atoms with Gasteiger partial charge in [0.05, 0.1) is 6.61 Å². The Morgan fingerprint density at radius 3 is 2.88 bits per heavy atom. The molecule has 2 saturated heterocycles. The monoisotopic (exact) mass is 226 g/mol. The second kappa shape index (κ2) is 6.58. The number of piperidine rings is 1. The van der Waals surface area contributed by atoms with Crippen LogP contribution >= 0.6 is 0 Å². The molecule has 2 aliphatic heterocycles. The Hall–Kier alpha value is -0.120. The third kappa shape index (κ3) is 3.72. The van der Waals surface area contributed by atoms with E-state index in [0.29, 0.717) is 0 Å². The van der Waals surface area contributed by atoms with Gasteiger partial charge in [0.25, 0.3) is 0 Å². The molecule has 0 radical (unpaired) electrons. The quantitative estimate of drug-likeness (QED) is 0.786. The molecule has 2 rings (SSSR count). The van der Waals surface area contributed by atoms with Crippen LogP contribution in [-0.4, -0.2) is 50.8 Å². The molecule has 0 aliphatic carbocycles. The molecular weight excluding hydrogens is 200 g/mol. The standard InChI is InChI=1S/C13H26N2O/c1-15-7-3-2-6-13(15)10-14-9-12-5-4-8-16-11-12/h12-14H,2-11H2,1H3. The highest BCUT2D eigenvalue weighted by Crippen LogP contribution is 2.15. The normalized spacial score (nSPS) is 32.8. The van der Waals surface area contributed by atoms with Crippen LogP contribution in [0, 0.1) is 5.92 Å². The van der Waals surface area contributed by atoms with Crippen molar-refractivity contribution in [1.29, 1.82) is 0 Å². The minimum Gasteiger partial charge on any atom is -0.381 e. The second-order valence-electron chi connectivity index (χ2n) is 5.37. The Morgan fingerprint density at radius 2 is 2.12 bits per heavy atom. The largest absolute Gasteiger partial charge is 0.381 e. The van der Waals surface area contributed by atoms with Gasteiger partial charge in [-0.05, 0) is 45.2 Å². The van der Waals surface area contributed by atoms with Crippen LogP contribution in [0.15, 0.2) is 0 Å². The summed E-state index contributed by atoms with van der Waals surface area (Å²) >= 11 is 0. The summed E-state index contributed by atoms with van der Waals surface area (Å²) in [5, 5.41) is 3.63. The van der Waals surface area contributed by atoms with Crippen LogP contribution < -0.4 is 5.32 Å². The maximum Gasteiger partial charge on any atom is 0.0506 e. The molecule has 2 heterocycles. The summed E-state index contributed by atoms with van der Waals surface area (Å²) < 4.78 is 5.50. The summed E-state index contributed by atoms with van der Waals surface area (Å²) in [6.45, 7) is 5.52. The van der Waals surface area contributed by atoms with Crippen LogP contribution in [0.4, 0.5) is 0 Å². The maximum absolute atomic E-state index is 5.50. The van der Waals surface area contributed by atoms with Gasteiger partial charge in [-0.2, -0.15) is 0 Å². The van der Waals surface area contributed by atoms with Crippen molar-refractivity contribution in [2.24, 2.45) is 5.92 Å². The molecule has 3 heteroatoms. The number of rotatable bonds is 4. The average Bonchev–Trinajstić information content (AvgIpc) is 2.33. The van der Waals surface area contributed by atoms with Crippen LogP contribution in [0.3, 0.4) is 0 Å². The van der Waals surface area contributed by atoms with E-state index in [9.17, 15) is 0 Å². The summed E-state index contributed by atoms with van der Waals surface area (Å²) in [6.07, 6.45) is 6.74. The van der Waals surface area contributed by atoms with Gasteiger partial charge in [-0.3, -0.25) is 0 Å². The first-order chi connectivity index (χ1) is 7.86. The van der Waals surface area contributed by atoms with Gasteiger partial charge in [0, 0.05) is 25.7 Å². The van der Waals surface area contributed by atoms with Gasteiger partial charge in [0.1, 0.15) is 0 Å². The van der Waals surface area contributed by atoms with E-state index in [2.05, 4.69) is 17.3 Å². The lowest BCUT2D eigenvalue weighted by Crippen LogP contribution is -2.44. The lowest BCUT2D eigenvalue weighted by atomic mass is 10.0. The molecule has 0 amide bonds. The molecule has 94 valence electrons. The zero-order chi connectivity index (χ0) is 11.2. The van der Waals surface area contributed by atoms with E-state index in [1.54, 1.807) is 0 Å². The van der Waals surface area contributed by atoms with Crippen molar-refractivity contribution in [1.82, 2.24) is 10.2 Å². The molecule has 2 aliphatic rings. The van der Waals surface area contributed by atoms with Gasteiger partial charge in [0.15, 0.2) is 0 Å². The maximum atomic E-state index is 5.50. The molecule has 0 aromatic heterocycles. The third-order valence-corrected chi connectivity index (χ3v) is 3.99. The van der Waals surface area contributed by atoms with Gasteiger partial charge in [-0.1, -0.05) is 6.42 Å². The topological polar surface area (TPSA) is 24.5 Å². The third-order valence-electron chi connectivity index (χ3n) is 3.99. The summed E-state index contributed by atoms with van der Waals surface area (Å²) in [4.78, 5) is 2.51. The van der Waals surface area contributed by atoms with Crippen molar-refractivity contribution in [3.63, 3.8) is 0 Å². The van der Waals surface area contributed by atoms with Crippen molar-refractivity contribution < 1.29 is 4.74 Å². The molecule has 0 bridgehead atoms. The molecule has 0 aromatic rings. The Balaban J connectivity index is 1.59. The average molecular weight is 226 g/mol. The van der Waals surface area contributed by atoms with Gasteiger partial charge >= 0.3 is 0 Å². The fourth-order valence-corrected chi connectivity index (χ4v) is 2.82.